The Morgan fingerprint density at radius 1 is 1.12 bits per heavy atom. The molecular weight excluding hydrogens is 418 g/mol. The lowest BCUT2D eigenvalue weighted by Crippen LogP contribution is -2.56. The minimum Gasteiger partial charge on any atom is -0.390 e. The summed E-state index contributed by atoms with van der Waals surface area (Å²) in [5.41, 5.74) is 1.17. The Kier molecular flexibility index (Phi) is 6.41. The number of nitrogens with zero attached hydrogens (tertiary/aromatic N) is 3. The molecule has 1 N–H and O–H groups in total. The topological polar surface area (TPSA) is 61.8 Å². The van der Waals surface area contributed by atoms with E-state index in [0.717, 1.165) is 55.4 Å². The molecule has 0 unspecified atom stereocenters. The molecule has 1 aromatic heterocycles. The van der Waals surface area contributed by atoms with E-state index in [4.69, 9.17) is 5.26 Å². The third-order valence-corrected chi connectivity index (χ3v) is 11.8. The summed E-state index contributed by atoms with van der Waals surface area (Å²) in [4.78, 5) is 0. The fourth-order valence-corrected chi connectivity index (χ4v) is 9.97. The van der Waals surface area contributed by atoms with E-state index < -0.39 is 0 Å². The molecule has 4 aliphatic carbocycles. The maximum atomic E-state index is 11.4. The van der Waals surface area contributed by atoms with Gasteiger partial charge in [-0.15, -0.1) is 0 Å². The molecule has 34 heavy (non-hydrogen) atoms. The fraction of sp³-hybridized carbons (Fsp3) is 0.867. The molecule has 5 rings (SSSR count). The standard InChI is InChI=1S/C30H47N3O/c1-5-6-12-30(34)15-14-28(3)23(16-30)7-8-24-26-10-9-25(29(26,4)13-11-27(24)28)21(2)19-33-20-22(17-31)18-32-33/h18,20-21,23-27,34H,5-16,19H2,1-4H3/t21-,23+,24-,25+,26-,27-,28-,29+,30+/m0/s1. The minimum atomic E-state index is -0.387. The van der Waals surface area contributed by atoms with Gasteiger partial charge >= 0.3 is 0 Å². The summed E-state index contributed by atoms with van der Waals surface area (Å²) >= 11 is 0. The van der Waals surface area contributed by atoms with Gasteiger partial charge in [-0.1, -0.05) is 40.5 Å². The van der Waals surface area contributed by atoms with Crippen molar-refractivity contribution in [3.05, 3.63) is 18.0 Å². The third-order valence-electron chi connectivity index (χ3n) is 11.8. The molecule has 0 saturated heterocycles. The Bertz CT molecular complexity index is 918. The quantitative estimate of drug-likeness (QED) is 0.493. The zero-order valence-electron chi connectivity index (χ0n) is 22.1. The molecular formula is C30H47N3O. The van der Waals surface area contributed by atoms with E-state index in [1.165, 1.54) is 57.8 Å². The van der Waals surface area contributed by atoms with Crippen LogP contribution < -0.4 is 0 Å². The third kappa shape index (κ3) is 3.95. The SMILES string of the molecule is CCCC[C@@]1(O)CC[C@@]2(C)[C@H](CC[C@@H]3[C@@H]2CC[C@]2(C)[C@@H]([C@@H](C)Cn4cc(C#N)cn4)CC[C@@H]32)C1. The predicted molar refractivity (Wildman–Crippen MR) is 136 cm³/mol. The largest absolute Gasteiger partial charge is 0.390 e. The average molecular weight is 466 g/mol. The maximum Gasteiger partial charge on any atom is 0.102 e. The molecule has 4 saturated carbocycles. The first kappa shape index (κ1) is 24.4. The maximum absolute atomic E-state index is 11.4. The van der Waals surface area contributed by atoms with E-state index in [1.54, 1.807) is 6.20 Å². The first-order chi connectivity index (χ1) is 16.2. The summed E-state index contributed by atoms with van der Waals surface area (Å²) in [5.74, 6) is 4.67. The zero-order valence-corrected chi connectivity index (χ0v) is 22.1. The van der Waals surface area contributed by atoms with Crippen LogP contribution in [-0.2, 0) is 6.54 Å². The highest BCUT2D eigenvalue weighted by Gasteiger charge is 2.61. The number of aromatic nitrogens is 2. The lowest BCUT2D eigenvalue weighted by atomic mass is 9.43. The van der Waals surface area contributed by atoms with E-state index in [9.17, 15) is 5.11 Å². The molecule has 1 heterocycles. The molecule has 0 radical (unpaired) electrons. The molecule has 0 bridgehead atoms. The van der Waals surface area contributed by atoms with Crippen LogP contribution in [0.25, 0.3) is 0 Å². The normalized spacial score (nSPS) is 44.5. The van der Waals surface area contributed by atoms with Crippen LogP contribution in [0.4, 0.5) is 0 Å². The number of nitriles is 1. The highest BCUT2D eigenvalue weighted by atomic mass is 16.3. The first-order valence-electron chi connectivity index (χ1n) is 14.4. The lowest BCUT2D eigenvalue weighted by molar-refractivity contribution is -0.154. The van der Waals surface area contributed by atoms with Crippen molar-refractivity contribution in [3.8, 4) is 6.07 Å². The van der Waals surface area contributed by atoms with Gasteiger partial charge in [0.05, 0.1) is 17.4 Å². The second kappa shape index (κ2) is 8.95. The zero-order chi connectivity index (χ0) is 24.1. The van der Waals surface area contributed by atoms with Crippen molar-refractivity contribution in [2.24, 2.45) is 46.3 Å². The Morgan fingerprint density at radius 2 is 1.91 bits per heavy atom. The number of unbranched alkanes of at least 4 members (excludes halogenated alkanes) is 1. The van der Waals surface area contributed by atoms with Crippen LogP contribution in [0, 0.1) is 57.7 Å². The second-order valence-corrected chi connectivity index (χ2v) is 13.5. The van der Waals surface area contributed by atoms with E-state index in [2.05, 4.69) is 38.9 Å². The van der Waals surface area contributed by atoms with Gasteiger partial charge in [0.15, 0.2) is 0 Å². The van der Waals surface area contributed by atoms with Crippen LogP contribution in [0.1, 0.15) is 110 Å². The van der Waals surface area contributed by atoms with Crippen LogP contribution in [0.15, 0.2) is 12.4 Å². The summed E-state index contributed by atoms with van der Waals surface area (Å²) in [6.45, 7) is 10.9. The highest BCUT2D eigenvalue weighted by Crippen LogP contribution is 2.69. The molecule has 9 atom stereocenters. The Labute approximate surface area is 207 Å². The summed E-state index contributed by atoms with van der Waals surface area (Å²) in [5, 5.41) is 25.0. The smallest absolute Gasteiger partial charge is 0.102 e. The average Bonchev–Trinajstić information content (AvgIpc) is 3.42. The molecule has 0 aromatic carbocycles. The van der Waals surface area contributed by atoms with Crippen molar-refractivity contribution in [2.45, 2.75) is 117 Å². The van der Waals surface area contributed by atoms with E-state index >= 15 is 0 Å². The van der Waals surface area contributed by atoms with Crippen molar-refractivity contribution in [1.82, 2.24) is 9.78 Å². The van der Waals surface area contributed by atoms with Crippen molar-refractivity contribution in [2.75, 3.05) is 0 Å². The van der Waals surface area contributed by atoms with Gasteiger partial charge in [-0.05, 0) is 111 Å². The Balaban J connectivity index is 1.29. The lowest BCUT2D eigenvalue weighted by Gasteiger charge is -2.62. The predicted octanol–water partition coefficient (Wildman–Crippen LogP) is 6.97. The monoisotopic (exact) mass is 465 g/mol. The van der Waals surface area contributed by atoms with Crippen molar-refractivity contribution >= 4 is 0 Å². The molecule has 4 aliphatic rings. The fourth-order valence-electron chi connectivity index (χ4n) is 9.97. The number of hydrogen-bond acceptors (Lipinski definition) is 3. The van der Waals surface area contributed by atoms with E-state index in [1.807, 2.05) is 10.9 Å². The Morgan fingerprint density at radius 3 is 2.65 bits per heavy atom. The van der Waals surface area contributed by atoms with Gasteiger partial charge in [-0.25, -0.2) is 0 Å². The van der Waals surface area contributed by atoms with E-state index in [0.29, 0.717) is 22.3 Å². The van der Waals surface area contributed by atoms with Gasteiger partial charge in [-0.2, -0.15) is 10.4 Å². The number of aliphatic hydroxyl groups is 1. The number of rotatable bonds is 6. The van der Waals surface area contributed by atoms with Gasteiger partial charge < -0.3 is 5.11 Å². The van der Waals surface area contributed by atoms with Crippen LogP contribution in [0.2, 0.25) is 0 Å². The van der Waals surface area contributed by atoms with Crippen LogP contribution in [0.3, 0.4) is 0 Å². The molecule has 188 valence electrons. The number of hydrogen-bond donors (Lipinski definition) is 1. The molecule has 4 nitrogen and oxygen atoms in total. The van der Waals surface area contributed by atoms with Crippen LogP contribution in [-0.4, -0.2) is 20.5 Å². The second-order valence-electron chi connectivity index (χ2n) is 13.5. The number of fused-ring (bicyclic) bond motifs is 5. The molecule has 0 spiro atoms. The molecule has 4 heteroatoms. The van der Waals surface area contributed by atoms with E-state index in [-0.39, 0.29) is 5.60 Å². The van der Waals surface area contributed by atoms with Crippen molar-refractivity contribution in [1.29, 1.82) is 5.26 Å². The van der Waals surface area contributed by atoms with Crippen molar-refractivity contribution < 1.29 is 5.11 Å². The minimum absolute atomic E-state index is 0.387. The summed E-state index contributed by atoms with van der Waals surface area (Å²) in [6, 6.07) is 2.22. The summed E-state index contributed by atoms with van der Waals surface area (Å²) in [6.07, 6.45) is 18.5. The van der Waals surface area contributed by atoms with Crippen LogP contribution >= 0.6 is 0 Å². The summed E-state index contributed by atoms with van der Waals surface area (Å²) < 4.78 is 2.00. The molecule has 1 aromatic rings. The van der Waals surface area contributed by atoms with Gasteiger partial charge in [0.25, 0.3) is 0 Å². The van der Waals surface area contributed by atoms with Crippen molar-refractivity contribution in [3.63, 3.8) is 0 Å². The Hall–Kier alpha value is -1.34. The summed E-state index contributed by atoms with van der Waals surface area (Å²) in [7, 11) is 0. The van der Waals surface area contributed by atoms with Gasteiger partial charge in [-0.3, -0.25) is 4.68 Å². The molecule has 4 fully saturated rings. The van der Waals surface area contributed by atoms with Gasteiger partial charge in [0.2, 0.25) is 0 Å². The molecule has 0 aliphatic heterocycles. The van der Waals surface area contributed by atoms with Gasteiger partial charge in [0, 0.05) is 12.7 Å². The highest BCUT2D eigenvalue weighted by molar-refractivity contribution is 5.21. The van der Waals surface area contributed by atoms with Gasteiger partial charge in [0.1, 0.15) is 6.07 Å². The van der Waals surface area contributed by atoms with Crippen LogP contribution in [0.5, 0.6) is 0 Å². The first-order valence-corrected chi connectivity index (χ1v) is 14.4. The molecule has 0 amide bonds.